The molecule has 0 radical (unpaired) electrons. The van der Waals surface area contributed by atoms with Crippen molar-refractivity contribution in [2.75, 3.05) is 5.32 Å². The number of hydrogen-bond acceptors (Lipinski definition) is 1. The molecule has 0 saturated heterocycles. The van der Waals surface area contributed by atoms with E-state index in [4.69, 9.17) is 0 Å². The number of benzene rings is 2. The zero-order valence-corrected chi connectivity index (χ0v) is 12.0. The molecule has 0 fully saturated rings. The second-order valence-electron chi connectivity index (χ2n) is 3.97. The number of amides is 2. The topological polar surface area (TPSA) is 41.1 Å². The fourth-order valence-corrected chi connectivity index (χ4v) is 1.96. The maximum Gasteiger partial charge on any atom is 0.323 e. The molecule has 3 nitrogen and oxygen atoms in total. The zero-order valence-electron chi connectivity index (χ0n) is 10.4. The van der Waals surface area contributed by atoms with E-state index in [0.29, 0.717) is 0 Å². The number of carbonyl (C=O) groups is 1. The van der Waals surface area contributed by atoms with E-state index in [1.165, 1.54) is 18.3 Å². The van der Waals surface area contributed by atoms with Crippen LogP contribution in [0.3, 0.4) is 0 Å². The molecule has 2 aromatic rings. The van der Waals surface area contributed by atoms with Crippen LogP contribution in [0.25, 0.3) is 6.08 Å². The monoisotopic (exact) mass is 334 g/mol. The first-order valence-electron chi connectivity index (χ1n) is 5.89. The molecule has 2 rings (SSSR count). The second-order valence-corrected chi connectivity index (χ2v) is 4.88. The van der Waals surface area contributed by atoms with E-state index in [-0.39, 0.29) is 5.69 Å². The zero-order chi connectivity index (χ0) is 14.4. The first-order valence-corrected chi connectivity index (χ1v) is 6.68. The minimum absolute atomic E-state index is 0.140. The molecule has 0 atom stereocenters. The maximum absolute atomic E-state index is 13.3. The SMILES string of the molecule is O=C(N/C=C/c1cccc(Br)c1)Nc1ccccc1F. The van der Waals surface area contributed by atoms with Crippen LogP contribution in [-0.4, -0.2) is 6.03 Å². The molecular formula is C15H12BrFN2O. The van der Waals surface area contributed by atoms with Crippen LogP contribution in [0.15, 0.2) is 59.2 Å². The number of halogens is 2. The van der Waals surface area contributed by atoms with E-state index >= 15 is 0 Å². The van der Waals surface area contributed by atoms with Crippen molar-refractivity contribution in [1.29, 1.82) is 0 Å². The Morgan fingerprint density at radius 3 is 2.70 bits per heavy atom. The first-order chi connectivity index (χ1) is 9.65. The highest BCUT2D eigenvalue weighted by Gasteiger charge is 2.03. The van der Waals surface area contributed by atoms with E-state index < -0.39 is 11.8 Å². The molecule has 102 valence electrons. The van der Waals surface area contributed by atoms with E-state index in [2.05, 4.69) is 26.6 Å². The van der Waals surface area contributed by atoms with Crippen molar-refractivity contribution in [3.63, 3.8) is 0 Å². The van der Waals surface area contributed by atoms with Crippen LogP contribution < -0.4 is 10.6 Å². The summed E-state index contributed by atoms with van der Waals surface area (Å²) in [6.07, 6.45) is 3.24. The average molecular weight is 335 g/mol. The lowest BCUT2D eigenvalue weighted by Crippen LogP contribution is -2.24. The summed E-state index contributed by atoms with van der Waals surface area (Å²) in [7, 11) is 0. The van der Waals surface area contributed by atoms with Gasteiger partial charge >= 0.3 is 6.03 Å². The van der Waals surface area contributed by atoms with Gasteiger partial charge in [-0.3, -0.25) is 0 Å². The third kappa shape index (κ3) is 4.20. The third-order valence-electron chi connectivity index (χ3n) is 2.46. The van der Waals surface area contributed by atoms with Crippen LogP contribution in [0.1, 0.15) is 5.56 Å². The lowest BCUT2D eigenvalue weighted by molar-refractivity contribution is 0.255. The fraction of sp³-hybridized carbons (Fsp3) is 0. The van der Waals surface area contributed by atoms with Crippen molar-refractivity contribution >= 4 is 33.7 Å². The Morgan fingerprint density at radius 1 is 1.15 bits per heavy atom. The Labute approximate surface area is 124 Å². The molecule has 0 aromatic heterocycles. The number of nitrogens with one attached hydrogen (secondary N) is 2. The fourth-order valence-electron chi connectivity index (χ4n) is 1.54. The van der Waals surface area contributed by atoms with Gasteiger partial charge in [0, 0.05) is 10.7 Å². The van der Waals surface area contributed by atoms with E-state index in [1.807, 2.05) is 24.3 Å². The van der Waals surface area contributed by atoms with Crippen LogP contribution in [0.2, 0.25) is 0 Å². The van der Waals surface area contributed by atoms with Gasteiger partial charge in [0.2, 0.25) is 0 Å². The van der Waals surface area contributed by atoms with Crippen LogP contribution in [0, 0.1) is 5.82 Å². The predicted octanol–water partition coefficient (Wildman–Crippen LogP) is 4.38. The van der Waals surface area contributed by atoms with Gasteiger partial charge in [-0.25, -0.2) is 9.18 Å². The number of hydrogen-bond donors (Lipinski definition) is 2. The molecule has 2 N–H and O–H groups in total. The van der Waals surface area contributed by atoms with Gasteiger partial charge in [-0.15, -0.1) is 0 Å². The number of anilines is 1. The van der Waals surface area contributed by atoms with E-state index in [0.717, 1.165) is 10.0 Å². The van der Waals surface area contributed by atoms with Crippen molar-refractivity contribution in [1.82, 2.24) is 5.32 Å². The van der Waals surface area contributed by atoms with Crippen LogP contribution >= 0.6 is 15.9 Å². The summed E-state index contributed by atoms with van der Waals surface area (Å²) < 4.78 is 14.3. The standard InChI is InChI=1S/C15H12BrFN2O/c16-12-5-3-4-11(10-12)8-9-18-15(20)19-14-7-2-1-6-13(14)17/h1-10H,(H2,18,19,20)/b9-8+. The van der Waals surface area contributed by atoms with Gasteiger partial charge in [0.1, 0.15) is 5.82 Å². The van der Waals surface area contributed by atoms with Gasteiger partial charge in [-0.1, -0.05) is 40.2 Å². The smallest absolute Gasteiger partial charge is 0.314 e. The Bertz CT molecular complexity index is 643. The van der Waals surface area contributed by atoms with Gasteiger partial charge < -0.3 is 10.6 Å². The minimum atomic E-state index is -0.499. The first kappa shape index (κ1) is 14.3. The Hall–Kier alpha value is -2.14. The summed E-state index contributed by atoms with van der Waals surface area (Å²) >= 11 is 3.36. The van der Waals surface area contributed by atoms with Crippen molar-refractivity contribution in [3.8, 4) is 0 Å². The highest BCUT2D eigenvalue weighted by Crippen LogP contribution is 2.13. The van der Waals surface area contributed by atoms with Gasteiger partial charge in [0.05, 0.1) is 5.69 Å². The molecule has 0 aliphatic carbocycles. The van der Waals surface area contributed by atoms with E-state index in [1.54, 1.807) is 18.2 Å². The molecule has 2 aromatic carbocycles. The van der Waals surface area contributed by atoms with Gasteiger partial charge in [-0.05, 0) is 35.9 Å². The molecule has 0 unspecified atom stereocenters. The summed E-state index contributed by atoms with van der Waals surface area (Å²) in [5, 5.41) is 4.94. The van der Waals surface area contributed by atoms with Crippen LogP contribution in [0.5, 0.6) is 0 Å². The molecular weight excluding hydrogens is 323 g/mol. The van der Waals surface area contributed by atoms with Crippen LogP contribution in [0.4, 0.5) is 14.9 Å². The number of para-hydroxylation sites is 1. The van der Waals surface area contributed by atoms with Crippen molar-refractivity contribution in [2.24, 2.45) is 0 Å². The number of urea groups is 1. The lowest BCUT2D eigenvalue weighted by atomic mass is 10.2. The van der Waals surface area contributed by atoms with E-state index in [9.17, 15) is 9.18 Å². The molecule has 20 heavy (non-hydrogen) atoms. The summed E-state index contributed by atoms with van der Waals surface area (Å²) in [6.45, 7) is 0. The minimum Gasteiger partial charge on any atom is -0.314 e. The van der Waals surface area contributed by atoms with Crippen molar-refractivity contribution in [3.05, 3.63) is 70.6 Å². The highest BCUT2D eigenvalue weighted by atomic mass is 79.9. The molecule has 2 amide bonds. The lowest BCUT2D eigenvalue weighted by Gasteiger charge is -2.05. The second kappa shape index (κ2) is 6.86. The van der Waals surface area contributed by atoms with Gasteiger partial charge in [-0.2, -0.15) is 0 Å². The quantitative estimate of drug-likeness (QED) is 0.859. The summed E-state index contributed by atoms with van der Waals surface area (Å²) in [4.78, 5) is 11.6. The molecule has 0 aliphatic heterocycles. The summed E-state index contributed by atoms with van der Waals surface area (Å²) in [5.41, 5.74) is 1.08. The highest BCUT2D eigenvalue weighted by molar-refractivity contribution is 9.10. The molecule has 0 bridgehead atoms. The van der Waals surface area contributed by atoms with Crippen LogP contribution in [-0.2, 0) is 0 Å². The molecule has 0 heterocycles. The normalized spacial score (nSPS) is 10.5. The Morgan fingerprint density at radius 2 is 1.95 bits per heavy atom. The molecule has 5 heteroatoms. The van der Waals surface area contributed by atoms with Gasteiger partial charge in [0.25, 0.3) is 0 Å². The molecule has 0 spiro atoms. The maximum atomic E-state index is 13.3. The largest absolute Gasteiger partial charge is 0.323 e. The van der Waals surface area contributed by atoms with Crippen molar-refractivity contribution < 1.29 is 9.18 Å². The Balaban J connectivity index is 1.91. The number of carbonyl (C=O) groups excluding carboxylic acids is 1. The molecule has 0 aliphatic rings. The van der Waals surface area contributed by atoms with Crippen molar-refractivity contribution in [2.45, 2.75) is 0 Å². The van der Waals surface area contributed by atoms with Gasteiger partial charge in [0.15, 0.2) is 0 Å². The summed E-state index contributed by atoms with van der Waals surface area (Å²) in [6, 6.07) is 13.1. The summed E-state index contributed by atoms with van der Waals surface area (Å²) in [5.74, 6) is -0.474. The predicted molar refractivity (Wildman–Crippen MR) is 81.7 cm³/mol. The average Bonchev–Trinajstić information content (AvgIpc) is 2.41. The number of rotatable bonds is 3. The molecule has 0 saturated carbocycles. The third-order valence-corrected chi connectivity index (χ3v) is 2.95. The Kier molecular flexibility index (Phi) is 4.90.